The molecule has 0 bridgehead atoms. The summed E-state index contributed by atoms with van der Waals surface area (Å²) in [5, 5.41) is 3.27. The molecule has 0 aliphatic carbocycles. The van der Waals surface area contributed by atoms with Crippen LogP contribution in [-0.2, 0) is 0 Å². The Kier molecular flexibility index (Phi) is 4.72. The lowest BCUT2D eigenvalue weighted by Crippen LogP contribution is -2.02. The molecule has 2 nitrogen and oxygen atoms in total. The summed E-state index contributed by atoms with van der Waals surface area (Å²) < 4.78 is 0. The number of allylic oxidation sites excluding steroid dienone is 3. The lowest BCUT2D eigenvalue weighted by molar-refractivity contribution is 0.104. The van der Waals surface area contributed by atoms with Crippen LogP contribution in [0.4, 0.5) is 5.69 Å². The Morgan fingerprint density at radius 2 is 1.62 bits per heavy atom. The molecule has 0 aliphatic rings. The van der Waals surface area contributed by atoms with Gasteiger partial charge in [0.2, 0.25) is 0 Å². The maximum atomic E-state index is 12.1. The molecule has 0 radical (unpaired) electrons. The topological polar surface area (TPSA) is 29.1 Å². The molecular weight excluding hydrogens is 258 g/mol. The van der Waals surface area contributed by atoms with Crippen molar-refractivity contribution in [3.8, 4) is 0 Å². The van der Waals surface area contributed by atoms with Gasteiger partial charge in [0, 0.05) is 28.6 Å². The molecule has 0 unspecified atom stereocenters. The number of hydrogen-bond donors (Lipinski definition) is 1. The third-order valence-corrected chi connectivity index (χ3v) is 3.12. The highest BCUT2D eigenvalue weighted by atomic mass is 16.1. The first-order valence-electron chi connectivity index (χ1n) is 6.87. The van der Waals surface area contributed by atoms with E-state index in [1.807, 2.05) is 68.4 Å². The van der Waals surface area contributed by atoms with E-state index in [0.29, 0.717) is 5.56 Å². The molecule has 0 fully saturated rings. The Bertz CT molecular complexity index is 684. The van der Waals surface area contributed by atoms with E-state index in [4.69, 9.17) is 0 Å². The van der Waals surface area contributed by atoms with Gasteiger partial charge >= 0.3 is 0 Å². The Morgan fingerprint density at radius 1 is 1.00 bits per heavy atom. The van der Waals surface area contributed by atoms with Gasteiger partial charge < -0.3 is 5.32 Å². The summed E-state index contributed by atoms with van der Waals surface area (Å²) in [5.41, 5.74) is 4.49. The first-order valence-corrected chi connectivity index (χ1v) is 6.87. The minimum absolute atomic E-state index is 0.00611. The number of carbonyl (C=O) groups excluding carboxylic acids is 1. The highest BCUT2D eigenvalue weighted by Gasteiger charge is 2.05. The zero-order valence-corrected chi connectivity index (χ0v) is 12.4. The number of anilines is 1. The molecule has 0 aliphatic heterocycles. The third-order valence-electron chi connectivity index (χ3n) is 3.12. The number of carbonyl (C=O) groups is 1. The molecular formula is C19H19NO. The van der Waals surface area contributed by atoms with Crippen LogP contribution in [0.3, 0.4) is 0 Å². The second-order valence-electron chi connectivity index (χ2n) is 5.01. The molecule has 0 heterocycles. The molecule has 0 aromatic heterocycles. The largest absolute Gasteiger partial charge is 0.359 e. The highest BCUT2D eigenvalue weighted by molar-refractivity contribution is 6.05. The van der Waals surface area contributed by atoms with Crippen molar-refractivity contribution in [2.45, 2.75) is 13.8 Å². The number of nitrogens with one attached hydrogen (secondary N) is 1. The highest BCUT2D eigenvalue weighted by Crippen LogP contribution is 2.23. The maximum Gasteiger partial charge on any atom is 0.187 e. The van der Waals surface area contributed by atoms with Crippen LogP contribution in [0.5, 0.6) is 0 Å². The number of para-hydroxylation sites is 1. The molecule has 106 valence electrons. The van der Waals surface area contributed by atoms with Gasteiger partial charge in [-0.05, 0) is 25.5 Å². The Labute approximate surface area is 125 Å². The molecule has 2 aromatic carbocycles. The van der Waals surface area contributed by atoms with Crippen molar-refractivity contribution in [3.05, 3.63) is 84.1 Å². The van der Waals surface area contributed by atoms with Gasteiger partial charge in [-0.2, -0.15) is 0 Å². The van der Waals surface area contributed by atoms with E-state index in [-0.39, 0.29) is 5.78 Å². The fourth-order valence-electron chi connectivity index (χ4n) is 2.10. The van der Waals surface area contributed by atoms with Gasteiger partial charge in [-0.3, -0.25) is 4.79 Å². The maximum absolute atomic E-state index is 12.1. The monoisotopic (exact) mass is 277 g/mol. The standard InChI is InChI=1S/C19H19NO/c1-14(2)17-11-7-8-12-18(17)20-15(3)13-19(21)16-9-5-4-6-10-16/h4-13,20H,1H2,2-3H3/b15-13-. The molecule has 0 saturated heterocycles. The second kappa shape index (κ2) is 6.71. The molecule has 0 saturated carbocycles. The zero-order valence-electron chi connectivity index (χ0n) is 12.4. The van der Waals surface area contributed by atoms with Crippen LogP contribution >= 0.6 is 0 Å². The van der Waals surface area contributed by atoms with Crippen molar-refractivity contribution in [1.82, 2.24) is 0 Å². The van der Waals surface area contributed by atoms with Gasteiger partial charge in [0.1, 0.15) is 0 Å². The van der Waals surface area contributed by atoms with E-state index < -0.39 is 0 Å². The van der Waals surface area contributed by atoms with Gasteiger partial charge in [-0.1, -0.05) is 55.1 Å². The van der Waals surface area contributed by atoms with E-state index in [0.717, 1.165) is 22.5 Å². The van der Waals surface area contributed by atoms with Crippen LogP contribution in [0.15, 0.2) is 72.9 Å². The molecule has 0 spiro atoms. The van der Waals surface area contributed by atoms with Crippen LogP contribution in [0.2, 0.25) is 0 Å². The molecule has 2 aromatic rings. The molecule has 0 atom stereocenters. The normalized spacial score (nSPS) is 11.0. The van der Waals surface area contributed by atoms with E-state index in [9.17, 15) is 4.79 Å². The van der Waals surface area contributed by atoms with E-state index in [1.165, 1.54) is 0 Å². The first-order chi connectivity index (χ1) is 10.1. The van der Waals surface area contributed by atoms with Crippen molar-refractivity contribution in [2.75, 3.05) is 5.32 Å². The first kappa shape index (κ1) is 14.8. The van der Waals surface area contributed by atoms with Crippen molar-refractivity contribution < 1.29 is 4.79 Å². The van der Waals surface area contributed by atoms with Gasteiger partial charge in [0.05, 0.1) is 0 Å². The van der Waals surface area contributed by atoms with Crippen LogP contribution in [0.25, 0.3) is 5.57 Å². The third kappa shape index (κ3) is 3.93. The quantitative estimate of drug-likeness (QED) is 0.621. The van der Waals surface area contributed by atoms with Gasteiger partial charge in [-0.25, -0.2) is 0 Å². The summed E-state index contributed by atoms with van der Waals surface area (Å²) in [6.45, 7) is 7.83. The molecule has 0 amide bonds. The molecule has 2 heteroatoms. The fraction of sp³-hybridized carbons (Fsp3) is 0.105. The minimum Gasteiger partial charge on any atom is -0.359 e. The summed E-state index contributed by atoms with van der Waals surface area (Å²) >= 11 is 0. The summed E-state index contributed by atoms with van der Waals surface area (Å²) in [6.07, 6.45) is 1.62. The lowest BCUT2D eigenvalue weighted by Gasteiger charge is -2.12. The number of ketones is 1. The van der Waals surface area contributed by atoms with Crippen molar-refractivity contribution in [3.63, 3.8) is 0 Å². The summed E-state index contributed by atoms with van der Waals surface area (Å²) in [4.78, 5) is 12.1. The average molecular weight is 277 g/mol. The van der Waals surface area contributed by atoms with Crippen molar-refractivity contribution in [1.29, 1.82) is 0 Å². The van der Waals surface area contributed by atoms with E-state index in [1.54, 1.807) is 6.08 Å². The summed E-state index contributed by atoms with van der Waals surface area (Å²) in [7, 11) is 0. The molecule has 21 heavy (non-hydrogen) atoms. The smallest absolute Gasteiger partial charge is 0.187 e. The van der Waals surface area contributed by atoms with Crippen LogP contribution in [0.1, 0.15) is 29.8 Å². The predicted octanol–water partition coefficient (Wildman–Crippen LogP) is 4.92. The zero-order chi connectivity index (χ0) is 15.2. The number of benzene rings is 2. The van der Waals surface area contributed by atoms with Crippen LogP contribution < -0.4 is 5.32 Å². The van der Waals surface area contributed by atoms with Crippen LogP contribution in [0, 0.1) is 0 Å². The minimum atomic E-state index is -0.00611. The fourth-order valence-corrected chi connectivity index (χ4v) is 2.10. The SMILES string of the molecule is C=C(C)c1ccccc1N/C(C)=C\C(=O)c1ccccc1. The van der Waals surface area contributed by atoms with Crippen LogP contribution in [-0.4, -0.2) is 5.78 Å². The van der Waals surface area contributed by atoms with E-state index >= 15 is 0 Å². The Balaban J connectivity index is 2.18. The lowest BCUT2D eigenvalue weighted by atomic mass is 10.1. The van der Waals surface area contributed by atoms with Crippen molar-refractivity contribution in [2.24, 2.45) is 0 Å². The van der Waals surface area contributed by atoms with Crippen molar-refractivity contribution >= 4 is 17.0 Å². The van der Waals surface area contributed by atoms with E-state index in [2.05, 4.69) is 11.9 Å². The summed E-state index contributed by atoms with van der Waals surface area (Å²) in [5.74, 6) is -0.00611. The number of hydrogen-bond acceptors (Lipinski definition) is 2. The van der Waals surface area contributed by atoms with Gasteiger partial charge in [-0.15, -0.1) is 0 Å². The molecule has 2 rings (SSSR count). The molecule has 1 N–H and O–H groups in total. The number of rotatable bonds is 5. The predicted molar refractivity (Wildman–Crippen MR) is 89.3 cm³/mol. The Hall–Kier alpha value is -2.61. The van der Waals surface area contributed by atoms with Gasteiger partial charge in [0.25, 0.3) is 0 Å². The Morgan fingerprint density at radius 3 is 2.29 bits per heavy atom. The summed E-state index contributed by atoms with van der Waals surface area (Å²) in [6, 6.07) is 17.2. The second-order valence-corrected chi connectivity index (χ2v) is 5.01. The van der Waals surface area contributed by atoms with Gasteiger partial charge in [0.15, 0.2) is 5.78 Å². The average Bonchev–Trinajstić information content (AvgIpc) is 2.48.